The Morgan fingerprint density at radius 1 is 1.03 bits per heavy atom. The molecule has 166 valence electrons. The third kappa shape index (κ3) is 3.71. The van der Waals surface area contributed by atoms with E-state index in [4.69, 9.17) is 0 Å². The zero-order chi connectivity index (χ0) is 22.2. The molecule has 1 aliphatic heterocycles. The third-order valence-corrected chi connectivity index (χ3v) is 6.95. The van der Waals surface area contributed by atoms with Gasteiger partial charge in [-0.05, 0) is 30.3 Å². The standard InChI is InChI=1S/C23H23F2N5OS/c1-2-19-26-23-30(27-19)22(31)21(32-23)20(17-5-3-4-6-18(17)25)29-13-11-28(12-14-29)16-9-7-15(24)8-10-16/h3-10,20,31H,2,11-14H2,1H3. The molecule has 0 amide bonds. The van der Waals surface area contributed by atoms with Gasteiger partial charge in [0.05, 0.1) is 10.9 Å². The van der Waals surface area contributed by atoms with E-state index >= 15 is 0 Å². The molecule has 9 heteroatoms. The van der Waals surface area contributed by atoms with Gasteiger partial charge in [0.15, 0.2) is 5.82 Å². The lowest BCUT2D eigenvalue weighted by Crippen LogP contribution is -2.48. The molecule has 0 radical (unpaired) electrons. The summed E-state index contributed by atoms with van der Waals surface area (Å²) in [4.78, 5) is 10.1. The Morgan fingerprint density at radius 3 is 2.41 bits per heavy atom. The van der Waals surface area contributed by atoms with E-state index in [1.807, 2.05) is 13.0 Å². The molecule has 0 aliphatic carbocycles. The monoisotopic (exact) mass is 455 g/mol. The van der Waals surface area contributed by atoms with Crippen LogP contribution in [0.15, 0.2) is 48.5 Å². The molecule has 1 aliphatic rings. The number of benzene rings is 2. The Bertz CT molecular complexity index is 1230. The zero-order valence-corrected chi connectivity index (χ0v) is 18.4. The lowest BCUT2D eigenvalue weighted by molar-refractivity contribution is 0.208. The van der Waals surface area contributed by atoms with Gasteiger partial charge in [-0.1, -0.05) is 36.5 Å². The van der Waals surface area contributed by atoms with Gasteiger partial charge in [-0.15, -0.1) is 5.10 Å². The van der Waals surface area contributed by atoms with Crippen molar-refractivity contribution in [3.05, 3.63) is 76.4 Å². The Hall–Kier alpha value is -3.04. The first-order valence-electron chi connectivity index (χ1n) is 10.6. The molecule has 1 fully saturated rings. The summed E-state index contributed by atoms with van der Waals surface area (Å²) in [5.74, 6) is 0.0935. The lowest BCUT2D eigenvalue weighted by Gasteiger charge is -2.40. The second-order valence-corrected chi connectivity index (χ2v) is 8.80. The number of aromatic nitrogens is 3. The molecule has 32 heavy (non-hydrogen) atoms. The summed E-state index contributed by atoms with van der Waals surface area (Å²) in [6, 6.07) is 12.7. The fraction of sp³-hybridized carbons (Fsp3) is 0.304. The molecule has 1 unspecified atom stereocenters. The highest BCUT2D eigenvalue weighted by Crippen LogP contribution is 2.41. The maximum atomic E-state index is 14.9. The average molecular weight is 456 g/mol. The van der Waals surface area contributed by atoms with Crippen LogP contribution in [0.5, 0.6) is 5.88 Å². The molecule has 2 aromatic carbocycles. The predicted octanol–water partition coefficient (Wildman–Crippen LogP) is 4.25. The summed E-state index contributed by atoms with van der Waals surface area (Å²) in [5, 5.41) is 15.4. The van der Waals surface area contributed by atoms with Gasteiger partial charge in [-0.3, -0.25) is 4.90 Å². The smallest absolute Gasteiger partial charge is 0.230 e. The van der Waals surface area contributed by atoms with Gasteiger partial charge in [0.25, 0.3) is 0 Å². The van der Waals surface area contributed by atoms with Gasteiger partial charge >= 0.3 is 0 Å². The van der Waals surface area contributed by atoms with Crippen LogP contribution in [0.3, 0.4) is 0 Å². The van der Waals surface area contributed by atoms with Gasteiger partial charge < -0.3 is 10.0 Å². The summed E-state index contributed by atoms with van der Waals surface area (Å²) in [7, 11) is 0. The normalized spacial score (nSPS) is 16.0. The van der Waals surface area contributed by atoms with Crippen molar-refractivity contribution in [1.29, 1.82) is 0 Å². The van der Waals surface area contributed by atoms with Crippen LogP contribution in [0.2, 0.25) is 0 Å². The van der Waals surface area contributed by atoms with Crippen LogP contribution in [0.25, 0.3) is 4.96 Å². The second kappa shape index (κ2) is 8.48. The molecule has 0 saturated carbocycles. The van der Waals surface area contributed by atoms with Crippen molar-refractivity contribution in [3.8, 4) is 5.88 Å². The number of hydrogen-bond acceptors (Lipinski definition) is 6. The van der Waals surface area contributed by atoms with E-state index in [1.165, 1.54) is 34.1 Å². The number of hydrogen-bond donors (Lipinski definition) is 1. The van der Waals surface area contributed by atoms with Gasteiger partial charge in [0.2, 0.25) is 10.8 Å². The number of thiazole rings is 1. The molecule has 4 aromatic rings. The fourth-order valence-electron chi connectivity index (χ4n) is 4.21. The first-order valence-corrected chi connectivity index (χ1v) is 11.4. The Balaban J connectivity index is 1.48. The number of rotatable bonds is 5. The van der Waals surface area contributed by atoms with Crippen molar-refractivity contribution in [2.75, 3.05) is 31.1 Å². The number of aryl methyl sites for hydroxylation is 1. The molecule has 0 spiro atoms. The van der Waals surface area contributed by atoms with Crippen LogP contribution in [0, 0.1) is 11.6 Å². The third-order valence-electron chi connectivity index (χ3n) is 5.88. The molecule has 1 N–H and O–H groups in total. The van der Waals surface area contributed by atoms with Crippen molar-refractivity contribution in [1.82, 2.24) is 19.5 Å². The van der Waals surface area contributed by atoms with Gasteiger partial charge in [0, 0.05) is 43.9 Å². The predicted molar refractivity (Wildman–Crippen MR) is 120 cm³/mol. The molecule has 1 saturated heterocycles. The molecule has 0 bridgehead atoms. The minimum atomic E-state index is -0.454. The van der Waals surface area contributed by atoms with E-state index in [0.717, 1.165) is 5.69 Å². The van der Waals surface area contributed by atoms with E-state index in [9.17, 15) is 13.9 Å². The molecule has 1 atom stereocenters. The van der Waals surface area contributed by atoms with E-state index in [1.54, 1.807) is 24.3 Å². The van der Waals surface area contributed by atoms with E-state index in [0.29, 0.717) is 53.8 Å². The van der Waals surface area contributed by atoms with Gasteiger partial charge in [0.1, 0.15) is 11.6 Å². The first kappa shape index (κ1) is 20.8. The SMILES string of the molecule is CCc1nc2sc(C(c3ccccc3F)N3CCN(c4ccc(F)cc4)CC3)c(O)n2n1. The highest BCUT2D eigenvalue weighted by molar-refractivity contribution is 7.17. The van der Waals surface area contributed by atoms with Gasteiger partial charge in [-0.25, -0.2) is 13.8 Å². The topological polar surface area (TPSA) is 56.9 Å². The highest BCUT2D eigenvalue weighted by atomic mass is 32.1. The molecule has 3 heterocycles. The summed E-state index contributed by atoms with van der Waals surface area (Å²) < 4.78 is 29.6. The number of nitrogens with zero attached hydrogens (tertiary/aromatic N) is 5. The maximum Gasteiger partial charge on any atom is 0.230 e. The number of aromatic hydroxyl groups is 1. The summed E-state index contributed by atoms with van der Waals surface area (Å²) >= 11 is 1.34. The quantitative estimate of drug-likeness (QED) is 0.488. The Kier molecular flexibility index (Phi) is 5.52. The van der Waals surface area contributed by atoms with Crippen LogP contribution < -0.4 is 4.90 Å². The van der Waals surface area contributed by atoms with Gasteiger partial charge in [-0.2, -0.15) is 4.52 Å². The number of halogens is 2. The molecular formula is C23H23F2N5OS. The number of fused-ring (bicyclic) bond motifs is 1. The largest absolute Gasteiger partial charge is 0.492 e. The molecular weight excluding hydrogens is 432 g/mol. The Morgan fingerprint density at radius 2 is 1.75 bits per heavy atom. The van der Waals surface area contributed by atoms with Crippen molar-refractivity contribution >= 4 is 22.0 Å². The van der Waals surface area contributed by atoms with Crippen LogP contribution in [0.1, 0.15) is 29.2 Å². The van der Waals surface area contributed by atoms with Crippen LogP contribution >= 0.6 is 11.3 Å². The van der Waals surface area contributed by atoms with E-state index in [-0.39, 0.29) is 17.5 Å². The minimum Gasteiger partial charge on any atom is -0.492 e. The van der Waals surface area contributed by atoms with Crippen LogP contribution in [-0.4, -0.2) is 50.8 Å². The number of piperazine rings is 1. The van der Waals surface area contributed by atoms with Crippen molar-refractivity contribution in [2.24, 2.45) is 0 Å². The fourth-order valence-corrected chi connectivity index (χ4v) is 5.34. The average Bonchev–Trinajstić information content (AvgIpc) is 3.35. The summed E-state index contributed by atoms with van der Waals surface area (Å²) in [6.07, 6.45) is 0.672. The summed E-state index contributed by atoms with van der Waals surface area (Å²) in [5.41, 5.74) is 1.47. The van der Waals surface area contributed by atoms with E-state index < -0.39 is 6.04 Å². The number of anilines is 1. The lowest BCUT2D eigenvalue weighted by atomic mass is 10.0. The maximum absolute atomic E-state index is 14.9. The summed E-state index contributed by atoms with van der Waals surface area (Å²) in [6.45, 7) is 4.68. The highest BCUT2D eigenvalue weighted by Gasteiger charge is 2.33. The van der Waals surface area contributed by atoms with Crippen LogP contribution in [-0.2, 0) is 6.42 Å². The van der Waals surface area contributed by atoms with Crippen molar-refractivity contribution in [3.63, 3.8) is 0 Å². The second-order valence-electron chi connectivity index (χ2n) is 7.79. The minimum absolute atomic E-state index is 0.00594. The first-order chi connectivity index (χ1) is 15.5. The van der Waals surface area contributed by atoms with Crippen molar-refractivity contribution < 1.29 is 13.9 Å². The van der Waals surface area contributed by atoms with E-state index in [2.05, 4.69) is 19.9 Å². The zero-order valence-electron chi connectivity index (χ0n) is 17.6. The van der Waals surface area contributed by atoms with Crippen LogP contribution in [0.4, 0.5) is 14.5 Å². The Labute approximate surface area is 188 Å². The van der Waals surface area contributed by atoms with Crippen molar-refractivity contribution in [2.45, 2.75) is 19.4 Å². The molecule has 6 nitrogen and oxygen atoms in total. The molecule has 2 aromatic heterocycles. The molecule has 5 rings (SSSR count).